The molecule has 118 valence electrons. The summed E-state index contributed by atoms with van der Waals surface area (Å²) in [6.45, 7) is 5.05. The van der Waals surface area contributed by atoms with Gasteiger partial charge >= 0.3 is 0 Å². The van der Waals surface area contributed by atoms with Gasteiger partial charge in [-0.05, 0) is 32.0 Å². The third kappa shape index (κ3) is 4.10. The number of benzene rings is 1. The molecule has 5 nitrogen and oxygen atoms in total. The zero-order valence-electron chi connectivity index (χ0n) is 12.5. The summed E-state index contributed by atoms with van der Waals surface area (Å²) >= 11 is 4.73. The highest BCUT2D eigenvalue weighted by Gasteiger charge is 2.37. The summed E-state index contributed by atoms with van der Waals surface area (Å²) in [6.07, 6.45) is 0.148. The number of hydrogen-bond donors (Lipinski definition) is 1. The third-order valence-electron chi connectivity index (χ3n) is 3.11. The van der Waals surface area contributed by atoms with Crippen LogP contribution in [0.1, 0.15) is 20.3 Å². The average Bonchev–Trinajstić information content (AvgIpc) is 2.75. The van der Waals surface area contributed by atoms with Gasteiger partial charge < -0.3 is 5.32 Å². The SMILES string of the molecule is CCN=C1S[C@H](CC(=O)Nc2cccc(Br)c2)C(=O)N1CC. The Morgan fingerprint density at radius 2 is 2.23 bits per heavy atom. The number of amidine groups is 1. The molecule has 1 aromatic rings. The van der Waals surface area contributed by atoms with Gasteiger partial charge in [-0.25, -0.2) is 0 Å². The molecule has 0 radical (unpaired) electrons. The summed E-state index contributed by atoms with van der Waals surface area (Å²) in [7, 11) is 0. The van der Waals surface area contributed by atoms with Gasteiger partial charge in [-0.15, -0.1) is 0 Å². The van der Waals surface area contributed by atoms with Gasteiger partial charge in [0.1, 0.15) is 5.25 Å². The van der Waals surface area contributed by atoms with E-state index in [-0.39, 0.29) is 18.2 Å². The maximum absolute atomic E-state index is 12.3. The zero-order valence-corrected chi connectivity index (χ0v) is 14.9. The van der Waals surface area contributed by atoms with Gasteiger partial charge in [-0.1, -0.05) is 33.8 Å². The molecule has 0 aliphatic carbocycles. The first-order chi connectivity index (χ1) is 10.5. The summed E-state index contributed by atoms with van der Waals surface area (Å²) < 4.78 is 0.895. The first-order valence-electron chi connectivity index (χ1n) is 7.13. The van der Waals surface area contributed by atoms with E-state index in [9.17, 15) is 9.59 Å². The van der Waals surface area contributed by atoms with Crippen molar-refractivity contribution in [2.45, 2.75) is 25.5 Å². The van der Waals surface area contributed by atoms with Gasteiger partial charge in [0.05, 0.1) is 0 Å². The highest BCUT2D eigenvalue weighted by atomic mass is 79.9. The zero-order chi connectivity index (χ0) is 16.1. The predicted octanol–water partition coefficient (Wildman–Crippen LogP) is 3.12. The van der Waals surface area contributed by atoms with Crippen molar-refractivity contribution in [1.29, 1.82) is 0 Å². The van der Waals surface area contributed by atoms with Crippen LogP contribution >= 0.6 is 27.7 Å². The molecule has 2 rings (SSSR count). The van der Waals surface area contributed by atoms with Gasteiger partial charge in [0.15, 0.2) is 5.17 Å². The number of aliphatic imine (C=N–C) groups is 1. The molecule has 0 spiro atoms. The van der Waals surface area contributed by atoms with E-state index in [0.29, 0.717) is 18.8 Å². The van der Waals surface area contributed by atoms with Gasteiger partial charge in [0.2, 0.25) is 11.8 Å². The fourth-order valence-electron chi connectivity index (χ4n) is 2.13. The van der Waals surface area contributed by atoms with Crippen molar-refractivity contribution in [2.75, 3.05) is 18.4 Å². The molecule has 1 aliphatic heterocycles. The Bertz CT molecular complexity index is 606. The van der Waals surface area contributed by atoms with Gasteiger partial charge in [-0.2, -0.15) is 0 Å². The van der Waals surface area contributed by atoms with Crippen LogP contribution in [-0.2, 0) is 9.59 Å². The Labute approximate surface area is 142 Å². The van der Waals surface area contributed by atoms with Crippen LogP contribution in [0.2, 0.25) is 0 Å². The summed E-state index contributed by atoms with van der Waals surface area (Å²) in [5.74, 6) is -0.207. The number of amides is 2. The number of thioether (sulfide) groups is 1. The van der Waals surface area contributed by atoms with E-state index < -0.39 is 5.25 Å². The Morgan fingerprint density at radius 1 is 1.45 bits per heavy atom. The van der Waals surface area contributed by atoms with Gasteiger partial charge in [0, 0.05) is 29.7 Å². The first kappa shape index (κ1) is 17.0. The van der Waals surface area contributed by atoms with Crippen LogP contribution in [0.3, 0.4) is 0 Å². The van der Waals surface area contributed by atoms with Gasteiger partial charge in [-0.3, -0.25) is 19.5 Å². The monoisotopic (exact) mass is 383 g/mol. The lowest BCUT2D eigenvalue weighted by Crippen LogP contribution is -2.33. The quantitative estimate of drug-likeness (QED) is 0.849. The lowest BCUT2D eigenvalue weighted by molar-refractivity contribution is -0.128. The minimum absolute atomic E-state index is 0.0379. The van der Waals surface area contributed by atoms with Crippen LogP contribution in [0, 0.1) is 0 Å². The van der Waals surface area contributed by atoms with E-state index in [1.54, 1.807) is 4.90 Å². The number of nitrogens with one attached hydrogen (secondary N) is 1. The molecule has 1 atom stereocenters. The summed E-state index contributed by atoms with van der Waals surface area (Å²) in [4.78, 5) is 30.4. The molecule has 0 unspecified atom stereocenters. The van der Waals surface area contributed by atoms with Crippen molar-refractivity contribution >= 4 is 50.4 Å². The van der Waals surface area contributed by atoms with E-state index >= 15 is 0 Å². The van der Waals surface area contributed by atoms with E-state index in [2.05, 4.69) is 26.2 Å². The highest BCUT2D eigenvalue weighted by Crippen LogP contribution is 2.29. The molecule has 0 saturated carbocycles. The summed E-state index contributed by atoms with van der Waals surface area (Å²) in [5, 5.41) is 3.14. The number of nitrogens with zero attached hydrogens (tertiary/aromatic N) is 2. The Morgan fingerprint density at radius 3 is 2.86 bits per heavy atom. The molecular weight excluding hydrogens is 366 g/mol. The molecule has 1 N–H and O–H groups in total. The summed E-state index contributed by atoms with van der Waals surface area (Å²) in [5.41, 5.74) is 0.713. The minimum Gasteiger partial charge on any atom is -0.326 e. The molecular formula is C15H18BrN3O2S. The smallest absolute Gasteiger partial charge is 0.242 e. The Hall–Kier alpha value is -1.34. The molecule has 1 fully saturated rings. The van der Waals surface area contributed by atoms with Gasteiger partial charge in [0.25, 0.3) is 0 Å². The van der Waals surface area contributed by atoms with E-state index in [4.69, 9.17) is 0 Å². The normalized spacial score (nSPS) is 19.8. The number of rotatable bonds is 5. The lowest BCUT2D eigenvalue weighted by atomic mass is 10.2. The number of halogens is 1. The van der Waals surface area contributed by atoms with Crippen LogP contribution in [-0.4, -0.2) is 40.2 Å². The maximum atomic E-state index is 12.3. The second kappa shape index (κ2) is 7.78. The molecule has 0 aromatic heterocycles. The maximum Gasteiger partial charge on any atom is 0.242 e. The topological polar surface area (TPSA) is 61.8 Å². The Kier molecular flexibility index (Phi) is 6.02. The van der Waals surface area contributed by atoms with Crippen molar-refractivity contribution in [2.24, 2.45) is 4.99 Å². The number of carbonyl (C=O) groups excluding carboxylic acids is 2. The first-order valence-corrected chi connectivity index (χ1v) is 8.80. The molecule has 2 amide bonds. The van der Waals surface area contributed by atoms with Crippen molar-refractivity contribution in [3.05, 3.63) is 28.7 Å². The second-order valence-electron chi connectivity index (χ2n) is 4.71. The number of anilines is 1. The van der Waals surface area contributed by atoms with Crippen molar-refractivity contribution < 1.29 is 9.59 Å². The fraction of sp³-hybridized carbons (Fsp3) is 0.400. The molecule has 1 saturated heterocycles. The number of carbonyl (C=O) groups is 2. The van der Waals surface area contributed by atoms with Crippen molar-refractivity contribution in [1.82, 2.24) is 4.90 Å². The largest absolute Gasteiger partial charge is 0.326 e. The van der Waals surface area contributed by atoms with Crippen LogP contribution < -0.4 is 5.32 Å². The predicted molar refractivity (Wildman–Crippen MR) is 94.1 cm³/mol. The van der Waals surface area contributed by atoms with Crippen molar-refractivity contribution in [3.63, 3.8) is 0 Å². The second-order valence-corrected chi connectivity index (χ2v) is 6.79. The lowest BCUT2D eigenvalue weighted by Gasteiger charge is -2.13. The van der Waals surface area contributed by atoms with Crippen molar-refractivity contribution in [3.8, 4) is 0 Å². The van der Waals surface area contributed by atoms with E-state index in [0.717, 1.165) is 9.64 Å². The van der Waals surface area contributed by atoms with Crippen LogP contribution in [0.15, 0.2) is 33.7 Å². The molecule has 22 heavy (non-hydrogen) atoms. The van der Waals surface area contributed by atoms with Crippen LogP contribution in [0.25, 0.3) is 0 Å². The number of hydrogen-bond acceptors (Lipinski definition) is 4. The standard InChI is InChI=1S/C15H18BrN3O2S/c1-3-17-15-19(4-2)14(21)12(22-15)9-13(20)18-11-7-5-6-10(16)8-11/h5-8,12H,3-4,9H2,1-2H3,(H,18,20)/t12-/m1/s1. The highest BCUT2D eigenvalue weighted by molar-refractivity contribution is 9.10. The third-order valence-corrected chi connectivity index (χ3v) is 4.82. The average molecular weight is 384 g/mol. The van der Waals surface area contributed by atoms with Crippen LogP contribution in [0.5, 0.6) is 0 Å². The fourth-order valence-corrected chi connectivity index (χ4v) is 3.80. The molecule has 1 aromatic carbocycles. The minimum atomic E-state index is -0.391. The summed E-state index contributed by atoms with van der Waals surface area (Å²) in [6, 6.07) is 7.37. The van der Waals surface area contributed by atoms with Crippen LogP contribution in [0.4, 0.5) is 5.69 Å². The molecule has 1 heterocycles. The van der Waals surface area contributed by atoms with E-state index in [1.807, 2.05) is 38.1 Å². The molecule has 7 heteroatoms. The van der Waals surface area contributed by atoms with E-state index in [1.165, 1.54) is 11.8 Å². The molecule has 0 bridgehead atoms. The molecule has 1 aliphatic rings. The Balaban J connectivity index is 2.00.